The van der Waals surface area contributed by atoms with Crippen molar-refractivity contribution in [2.75, 3.05) is 13.1 Å². The second-order valence-corrected chi connectivity index (χ2v) is 3.44. The molecule has 0 atom stereocenters. The lowest BCUT2D eigenvalue weighted by atomic mass is 10.2. The van der Waals surface area contributed by atoms with E-state index in [1.54, 1.807) is 12.1 Å². The molecule has 1 rings (SSSR count). The van der Waals surface area contributed by atoms with E-state index < -0.39 is 0 Å². The lowest BCUT2D eigenvalue weighted by Gasteiger charge is -2.06. The third-order valence-electron chi connectivity index (χ3n) is 1.79. The molecule has 0 fully saturated rings. The summed E-state index contributed by atoms with van der Waals surface area (Å²) in [7, 11) is 0. The van der Waals surface area contributed by atoms with E-state index in [4.69, 9.17) is 11.6 Å². The van der Waals surface area contributed by atoms with Gasteiger partial charge in [-0.15, -0.1) is 0 Å². The SMILES string of the molecule is CC(=O)NCCNC(=O)c1cccnc1Cl. The van der Waals surface area contributed by atoms with Gasteiger partial charge in [0, 0.05) is 26.2 Å². The Labute approximate surface area is 98.2 Å². The first-order valence-corrected chi connectivity index (χ1v) is 5.12. The van der Waals surface area contributed by atoms with E-state index in [9.17, 15) is 9.59 Å². The summed E-state index contributed by atoms with van der Waals surface area (Å²) in [6, 6.07) is 3.22. The highest BCUT2D eigenvalue weighted by molar-refractivity contribution is 6.32. The van der Waals surface area contributed by atoms with Crippen molar-refractivity contribution in [3.05, 3.63) is 29.0 Å². The fourth-order valence-corrected chi connectivity index (χ4v) is 1.27. The van der Waals surface area contributed by atoms with Crippen LogP contribution in [0, 0.1) is 0 Å². The summed E-state index contributed by atoms with van der Waals surface area (Å²) in [5, 5.41) is 5.35. The van der Waals surface area contributed by atoms with Gasteiger partial charge in [-0.05, 0) is 12.1 Å². The molecular formula is C10H12ClN3O2. The average molecular weight is 242 g/mol. The highest BCUT2D eigenvalue weighted by Crippen LogP contribution is 2.10. The molecule has 1 heterocycles. The maximum Gasteiger partial charge on any atom is 0.254 e. The van der Waals surface area contributed by atoms with Crippen LogP contribution in [0.4, 0.5) is 0 Å². The number of nitrogens with one attached hydrogen (secondary N) is 2. The number of nitrogens with zero attached hydrogens (tertiary/aromatic N) is 1. The molecule has 1 aromatic heterocycles. The molecule has 0 bridgehead atoms. The van der Waals surface area contributed by atoms with Crippen molar-refractivity contribution in [3.8, 4) is 0 Å². The van der Waals surface area contributed by atoms with Gasteiger partial charge in [-0.25, -0.2) is 4.98 Å². The lowest BCUT2D eigenvalue weighted by molar-refractivity contribution is -0.118. The number of carbonyl (C=O) groups excluding carboxylic acids is 2. The molecule has 0 spiro atoms. The van der Waals surface area contributed by atoms with Crippen LogP contribution >= 0.6 is 11.6 Å². The van der Waals surface area contributed by atoms with Crippen molar-refractivity contribution >= 4 is 23.4 Å². The summed E-state index contributed by atoms with van der Waals surface area (Å²) in [5.74, 6) is -0.433. The van der Waals surface area contributed by atoms with Crippen LogP contribution in [0.3, 0.4) is 0 Å². The van der Waals surface area contributed by atoms with E-state index in [0.29, 0.717) is 18.7 Å². The second kappa shape index (κ2) is 6.07. The summed E-state index contributed by atoms with van der Waals surface area (Å²) < 4.78 is 0. The molecular weight excluding hydrogens is 230 g/mol. The topological polar surface area (TPSA) is 71.1 Å². The van der Waals surface area contributed by atoms with Crippen LogP contribution in [0.2, 0.25) is 5.15 Å². The van der Waals surface area contributed by atoms with Crippen LogP contribution in [-0.2, 0) is 4.79 Å². The van der Waals surface area contributed by atoms with E-state index in [-0.39, 0.29) is 17.0 Å². The fraction of sp³-hybridized carbons (Fsp3) is 0.300. The zero-order valence-corrected chi connectivity index (χ0v) is 9.54. The standard InChI is InChI=1S/C10H12ClN3O2/c1-7(15)12-5-6-14-10(16)8-3-2-4-13-9(8)11/h2-4H,5-6H2,1H3,(H,12,15)(H,14,16). The van der Waals surface area contributed by atoms with Gasteiger partial charge < -0.3 is 10.6 Å². The Kier molecular flexibility index (Phi) is 4.72. The maximum absolute atomic E-state index is 11.6. The molecule has 0 saturated carbocycles. The molecule has 0 aliphatic heterocycles. The predicted octanol–water partition coefficient (Wildman–Crippen LogP) is 0.601. The van der Waals surface area contributed by atoms with Crippen LogP contribution in [0.1, 0.15) is 17.3 Å². The van der Waals surface area contributed by atoms with E-state index in [1.165, 1.54) is 13.1 Å². The normalized spacial score (nSPS) is 9.62. The third kappa shape index (κ3) is 3.86. The lowest BCUT2D eigenvalue weighted by Crippen LogP contribution is -2.33. The van der Waals surface area contributed by atoms with Crippen LogP contribution in [0.15, 0.2) is 18.3 Å². The van der Waals surface area contributed by atoms with Crippen LogP contribution in [0.5, 0.6) is 0 Å². The van der Waals surface area contributed by atoms with Gasteiger partial charge in [0.2, 0.25) is 5.91 Å². The molecule has 0 aliphatic carbocycles. The molecule has 0 aromatic carbocycles. The number of hydrogen-bond donors (Lipinski definition) is 2. The van der Waals surface area contributed by atoms with Gasteiger partial charge >= 0.3 is 0 Å². The predicted molar refractivity (Wildman–Crippen MR) is 60.3 cm³/mol. The molecule has 5 nitrogen and oxygen atoms in total. The van der Waals surface area contributed by atoms with Gasteiger partial charge in [-0.3, -0.25) is 9.59 Å². The summed E-state index contributed by atoms with van der Waals surface area (Å²) >= 11 is 5.74. The van der Waals surface area contributed by atoms with Crippen molar-refractivity contribution in [1.82, 2.24) is 15.6 Å². The molecule has 16 heavy (non-hydrogen) atoms. The van der Waals surface area contributed by atoms with Gasteiger partial charge in [0.25, 0.3) is 5.91 Å². The van der Waals surface area contributed by atoms with Crippen molar-refractivity contribution in [2.45, 2.75) is 6.92 Å². The van der Waals surface area contributed by atoms with E-state index in [2.05, 4.69) is 15.6 Å². The Bertz CT molecular complexity index is 395. The summed E-state index contributed by atoms with van der Waals surface area (Å²) in [6.07, 6.45) is 1.51. The first kappa shape index (κ1) is 12.4. The van der Waals surface area contributed by atoms with E-state index in [0.717, 1.165) is 0 Å². The van der Waals surface area contributed by atoms with Crippen LogP contribution < -0.4 is 10.6 Å². The minimum absolute atomic E-state index is 0.131. The Morgan fingerprint density at radius 3 is 2.69 bits per heavy atom. The number of hydrogen-bond acceptors (Lipinski definition) is 3. The Morgan fingerprint density at radius 1 is 1.38 bits per heavy atom. The smallest absolute Gasteiger partial charge is 0.254 e. The van der Waals surface area contributed by atoms with Gasteiger partial charge in [-0.2, -0.15) is 0 Å². The summed E-state index contributed by atoms with van der Waals surface area (Å²) in [6.45, 7) is 2.16. The summed E-state index contributed by atoms with van der Waals surface area (Å²) in [5.41, 5.74) is 0.326. The monoisotopic (exact) mass is 241 g/mol. The Morgan fingerprint density at radius 2 is 2.06 bits per heavy atom. The summed E-state index contributed by atoms with van der Waals surface area (Å²) in [4.78, 5) is 25.9. The second-order valence-electron chi connectivity index (χ2n) is 3.08. The van der Waals surface area contributed by atoms with Crippen molar-refractivity contribution < 1.29 is 9.59 Å². The molecule has 86 valence electrons. The molecule has 2 amide bonds. The number of carbonyl (C=O) groups is 2. The van der Waals surface area contributed by atoms with Crippen molar-refractivity contribution in [2.24, 2.45) is 0 Å². The average Bonchev–Trinajstić information content (AvgIpc) is 2.24. The number of amides is 2. The largest absolute Gasteiger partial charge is 0.355 e. The van der Waals surface area contributed by atoms with Crippen LogP contribution in [0.25, 0.3) is 0 Å². The number of halogens is 1. The number of pyridine rings is 1. The highest BCUT2D eigenvalue weighted by atomic mass is 35.5. The molecule has 0 saturated heterocycles. The van der Waals surface area contributed by atoms with Crippen LogP contribution in [-0.4, -0.2) is 29.9 Å². The minimum Gasteiger partial charge on any atom is -0.355 e. The van der Waals surface area contributed by atoms with Gasteiger partial charge in [0.1, 0.15) is 5.15 Å². The Hall–Kier alpha value is -1.62. The minimum atomic E-state index is -0.302. The Balaban J connectivity index is 2.41. The fourth-order valence-electron chi connectivity index (χ4n) is 1.07. The van der Waals surface area contributed by atoms with Gasteiger partial charge in [0.05, 0.1) is 5.56 Å². The quantitative estimate of drug-likeness (QED) is 0.599. The zero-order valence-electron chi connectivity index (χ0n) is 8.79. The first-order valence-electron chi connectivity index (χ1n) is 4.74. The third-order valence-corrected chi connectivity index (χ3v) is 2.09. The van der Waals surface area contributed by atoms with Crippen molar-refractivity contribution in [1.29, 1.82) is 0 Å². The van der Waals surface area contributed by atoms with Crippen molar-refractivity contribution in [3.63, 3.8) is 0 Å². The molecule has 6 heteroatoms. The first-order chi connectivity index (χ1) is 7.61. The van der Waals surface area contributed by atoms with Gasteiger partial charge in [-0.1, -0.05) is 11.6 Å². The molecule has 2 N–H and O–H groups in total. The zero-order chi connectivity index (χ0) is 12.0. The molecule has 1 aromatic rings. The number of aromatic nitrogens is 1. The van der Waals surface area contributed by atoms with Gasteiger partial charge in [0.15, 0.2) is 0 Å². The van der Waals surface area contributed by atoms with E-state index in [1.807, 2.05) is 0 Å². The molecule has 0 aliphatic rings. The highest BCUT2D eigenvalue weighted by Gasteiger charge is 2.09. The maximum atomic E-state index is 11.6. The number of rotatable bonds is 4. The molecule has 0 radical (unpaired) electrons. The van der Waals surface area contributed by atoms with E-state index >= 15 is 0 Å². The molecule has 0 unspecified atom stereocenters.